The third kappa shape index (κ3) is 5.14. The molecule has 2 saturated carbocycles. The quantitative estimate of drug-likeness (QED) is 0.206. The van der Waals surface area contributed by atoms with Gasteiger partial charge in [0.25, 0.3) is 11.5 Å². The van der Waals surface area contributed by atoms with Crippen molar-refractivity contribution >= 4 is 40.6 Å². The zero-order chi connectivity index (χ0) is 30.4. The molecule has 222 valence electrons. The second-order valence-corrected chi connectivity index (χ2v) is 12.2. The number of carboxylic acids is 2. The second kappa shape index (κ2) is 10.7. The molecule has 2 aromatic heterocycles. The number of H-pyrrole nitrogens is 1. The number of aromatic nitrogens is 4. The van der Waals surface area contributed by atoms with Gasteiger partial charge >= 0.3 is 11.9 Å². The predicted octanol–water partition coefficient (Wildman–Crippen LogP) is 2.64. The van der Waals surface area contributed by atoms with Crippen LogP contribution in [0.5, 0.6) is 0 Å². The number of nitrogen functional groups attached to an aromatic ring is 1. The number of benzene rings is 1. The van der Waals surface area contributed by atoms with E-state index in [0.717, 1.165) is 19.3 Å². The molecule has 0 spiro atoms. The summed E-state index contributed by atoms with van der Waals surface area (Å²) in [5.74, 6) is -3.58. The minimum Gasteiger partial charge on any atom is -0.481 e. The van der Waals surface area contributed by atoms with E-state index in [4.69, 9.17) is 5.73 Å². The van der Waals surface area contributed by atoms with E-state index >= 15 is 0 Å². The number of anilines is 2. The Bertz CT molecular complexity index is 1600. The molecule has 1 aromatic carbocycles. The average Bonchev–Trinajstić information content (AvgIpc) is 3.28. The molecule has 2 aliphatic rings. The topological polar surface area (TPSA) is 213 Å². The number of aliphatic carboxylic acids is 2. The van der Waals surface area contributed by atoms with Crippen LogP contribution >= 0.6 is 0 Å². The van der Waals surface area contributed by atoms with Crippen LogP contribution in [0.25, 0.3) is 11.2 Å². The summed E-state index contributed by atoms with van der Waals surface area (Å²) in [6, 6.07) is 5.02. The first-order valence-corrected chi connectivity index (χ1v) is 13.9. The van der Waals surface area contributed by atoms with Gasteiger partial charge in [-0.15, -0.1) is 0 Å². The largest absolute Gasteiger partial charge is 0.481 e. The molecule has 2 aliphatic carbocycles. The van der Waals surface area contributed by atoms with Crippen LogP contribution in [-0.4, -0.2) is 54.0 Å². The SMILES string of the molecule is CC1(C)C2CCC1(C)C(C(CC(NC(=O)c1ccc(NCc3cnc4nc(N)[nH]c(=O)c4n3)cc1)C(=O)O)C(=O)O)C2. The average molecular weight is 578 g/mol. The Balaban J connectivity index is 1.23. The number of nitrogens with one attached hydrogen (secondary N) is 3. The number of aromatic amines is 1. The number of hydrogen-bond donors (Lipinski definition) is 6. The fourth-order valence-electron chi connectivity index (χ4n) is 7.02. The van der Waals surface area contributed by atoms with Crippen molar-refractivity contribution in [3.8, 4) is 0 Å². The lowest BCUT2D eigenvalue weighted by molar-refractivity contribution is -0.148. The van der Waals surface area contributed by atoms with Crippen molar-refractivity contribution in [3.05, 3.63) is 52.1 Å². The van der Waals surface area contributed by atoms with Crippen molar-refractivity contribution < 1.29 is 24.6 Å². The molecule has 3 aromatic rings. The first-order valence-electron chi connectivity index (χ1n) is 13.9. The Morgan fingerprint density at radius 2 is 1.83 bits per heavy atom. The van der Waals surface area contributed by atoms with Crippen LogP contribution in [0, 0.1) is 28.6 Å². The predicted molar refractivity (Wildman–Crippen MR) is 153 cm³/mol. The lowest BCUT2D eigenvalue weighted by Crippen LogP contribution is -2.46. The maximum atomic E-state index is 13.0. The highest BCUT2D eigenvalue weighted by atomic mass is 16.4. The van der Waals surface area contributed by atoms with Gasteiger partial charge < -0.3 is 26.6 Å². The summed E-state index contributed by atoms with van der Waals surface area (Å²) in [6.45, 7) is 6.73. The number of amides is 1. The molecule has 0 aliphatic heterocycles. The number of fused-ring (bicyclic) bond motifs is 3. The lowest BCUT2D eigenvalue weighted by atomic mass is 9.62. The first kappa shape index (κ1) is 29.0. The zero-order valence-corrected chi connectivity index (χ0v) is 23.7. The van der Waals surface area contributed by atoms with E-state index in [-0.39, 0.29) is 52.4 Å². The van der Waals surface area contributed by atoms with E-state index in [2.05, 4.69) is 51.3 Å². The van der Waals surface area contributed by atoms with Gasteiger partial charge in [-0.2, -0.15) is 4.98 Å². The molecule has 2 bridgehead atoms. The zero-order valence-electron chi connectivity index (χ0n) is 23.7. The summed E-state index contributed by atoms with van der Waals surface area (Å²) >= 11 is 0. The molecule has 7 N–H and O–H groups in total. The summed E-state index contributed by atoms with van der Waals surface area (Å²) in [7, 11) is 0. The Morgan fingerprint density at radius 1 is 1.12 bits per heavy atom. The molecule has 13 heteroatoms. The van der Waals surface area contributed by atoms with E-state index in [1.165, 1.54) is 18.3 Å². The molecular formula is C29H35N7O6. The second-order valence-electron chi connectivity index (χ2n) is 12.2. The third-order valence-corrected chi connectivity index (χ3v) is 9.86. The number of carboxylic acid groups (broad SMARTS) is 2. The highest BCUT2D eigenvalue weighted by Crippen LogP contribution is 2.69. The fraction of sp³-hybridized carbons (Fsp3) is 0.483. The Kier molecular flexibility index (Phi) is 7.37. The Morgan fingerprint density at radius 3 is 2.43 bits per heavy atom. The Hall–Kier alpha value is -4.55. The third-order valence-electron chi connectivity index (χ3n) is 9.86. The summed E-state index contributed by atoms with van der Waals surface area (Å²) < 4.78 is 0. The fourth-order valence-corrected chi connectivity index (χ4v) is 7.02. The summed E-state index contributed by atoms with van der Waals surface area (Å²) in [4.78, 5) is 64.3. The van der Waals surface area contributed by atoms with Gasteiger partial charge in [-0.3, -0.25) is 19.4 Å². The van der Waals surface area contributed by atoms with Crippen LogP contribution in [0.2, 0.25) is 0 Å². The molecule has 5 atom stereocenters. The molecule has 13 nitrogen and oxygen atoms in total. The van der Waals surface area contributed by atoms with Crippen molar-refractivity contribution in [3.63, 3.8) is 0 Å². The minimum absolute atomic E-state index is 0.0205. The van der Waals surface area contributed by atoms with Gasteiger partial charge in [-0.25, -0.2) is 14.8 Å². The van der Waals surface area contributed by atoms with Gasteiger partial charge in [0, 0.05) is 11.3 Å². The van der Waals surface area contributed by atoms with Gasteiger partial charge in [0.2, 0.25) is 5.95 Å². The molecule has 5 unspecified atom stereocenters. The van der Waals surface area contributed by atoms with E-state index in [1.54, 1.807) is 12.1 Å². The minimum atomic E-state index is -1.35. The maximum Gasteiger partial charge on any atom is 0.326 e. The number of nitrogens with zero attached hydrogens (tertiary/aromatic N) is 3. The number of carbonyl (C=O) groups is 3. The molecule has 5 rings (SSSR count). The van der Waals surface area contributed by atoms with Crippen molar-refractivity contribution in [1.82, 2.24) is 25.3 Å². The highest BCUT2D eigenvalue weighted by molar-refractivity contribution is 5.97. The summed E-state index contributed by atoms with van der Waals surface area (Å²) in [5.41, 5.74) is 6.36. The molecule has 1 amide bonds. The standard InChI is InChI=1S/C29H35N7O6/c1-28(2)15-8-9-29(28,3)19(10-15)18(25(39)40)11-20(26(41)42)34-23(37)14-4-6-16(7-5-14)31-12-17-13-32-22-21(33-17)24(38)36-27(30)35-22/h4-7,13,15,18-20,31H,8-12H2,1-3H3,(H,34,37)(H,39,40)(H,41,42)(H3,30,32,35,36,38). The van der Waals surface area contributed by atoms with Crippen LogP contribution in [0.15, 0.2) is 35.3 Å². The van der Waals surface area contributed by atoms with E-state index in [9.17, 15) is 29.4 Å². The molecule has 0 saturated heterocycles. The lowest BCUT2D eigenvalue weighted by Gasteiger charge is -2.42. The van der Waals surface area contributed by atoms with E-state index in [0.29, 0.717) is 17.3 Å². The van der Waals surface area contributed by atoms with Crippen LogP contribution in [0.1, 0.15) is 62.5 Å². The Labute approximate surface area is 241 Å². The van der Waals surface area contributed by atoms with Gasteiger partial charge in [-0.05, 0) is 72.6 Å². The molecular weight excluding hydrogens is 542 g/mol. The van der Waals surface area contributed by atoms with Crippen molar-refractivity contribution in [2.45, 2.75) is 59.0 Å². The molecule has 0 radical (unpaired) electrons. The first-order chi connectivity index (χ1) is 19.8. The number of carbonyl (C=O) groups excluding carboxylic acids is 1. The highest BCUT2D eigenvalue weighted by Gasteiger charge is 2.63. The van der Waals surface area contributed by atoms with Crippen LogP contribution < -0.4 is 21.9 Å². The van der Waals surface area contributed by atoms with Crippen LogP contribution in [-0.2, 0) is 16.1 Å². The van der Waals surface area contributed by atoms with E-state index in [1.807, 2.05) is 0 Å². The van der Waals surface area contributed by atoms with Gasteiger partial charge in [0.1, 0.15) is 6.04 Å². The van der Waals surface area contributed by atoms with Crippen molar-refractivity contribution in [1.29, 1.82) is 0 Å². The van der Waals surface area contributed by atoms with Gasteiger partial charge in [-0.1, -0.05) is 20.8 Å². The summed E-state index contributed by atoms with van der Waals surface area (Å²) in [5, 5.41) is 25.7. The number of rotatable bonds is 10. The molecule has 2 fully saturated rings. The maximum absolute atomic E-state index is 13.0. The smallest absolute Gasteiger partial charge is 0.326 e. The van der Waals surface area contributed by atoms with Crippen LogP contribution in [0.4, 0.5) is 11.6 Å². The molecule has 42 heavy (non-hydrogen) atoms. The number of nitrogens with two attached hydrogens (primary N) is 1. The van der Waals surface area contributed by atoms with Crippen molar-refractivity contribution in [2.75, 3.05) is 11.1 Å². The van der Waals surface area contributed by atoms with Crippen LogP contribution in [0.3, 0.4) is 0 Å². The molecule has 2 heterocycles. The van der Waals surface area contributed by atoms with Crippen molar-refractivity contribution in [2.24, 2.45) is 28.6 Å². The van der Waals surface area contributed by atoms with Gasteiger partial charge in [0.15, 0.2) is 11.2 Å². The van der Waals surface area contributed by atoms with E-state index < -0.39 is 35.4 Å². The summed E-state index contributed by atoms with van der Waals surface area (Å²) in [6.07, 6.45) is 4.01. The normalized spacial score (nSPS) is 23.8. The van der Waals surface area contributed by atoms with Gasteiger partial charge in [0.05, 0.1) is 24.4 Å². The monoisotopic (exact) mass is 577 g/mol. The number of hydrogen-bond acceptors (Lipinski definition) is 9.